The van der Waals surface area contributed by atoms with E-state index in [1.54, 1.807) is 19.1 Å². The Balaban J connectivity index is 2.46. The fourth-order valence-electron chi connectivity index (χ4n) is 1.32. The number of carbonyl (C=O) groups excluding carboxylic acids is 1. The Hall–Kier alpha value is -1.42. The van der Waals surface area contributed by atoms with Crippen LogP contribution in [0.5, 0.6) is 0 Å². The molecule has 0 atom stereocenters. The molecule has 2 N–H and O–H groups in total. The highest BCUT2D eigenvalue weighted by Gasteiger charge is 2.03. The Labute approximate surface area is 95.0 Å². The highest BCUT2D eigenvalue weighted by Crippen LogP contribution is 2.13. The van der Waals surface area contributed by atoms with Gasteiger partial charge in [-0.2, -0.15) is 0 Å². The number of aryl methyl sites for hydroxylation is 1. The molecule has 0 spiro atoms. The molecule has 0 radical (unpaired) electrons. The van der Waals surface area contributed by atoms with Crippen molar-refractivity contribution in [1.82, 2.24) is 5.32 Å². The molecular weight excluding hydrogens is 207 g/mol. The maximum Gasteiger partial charge on any atom is 0.225 e. The van der Waals surface area contributed by atoms with Gasteiger partial charge in [-0.3, -0.25) is 4.79 Å². The molecule has 4 heteroatoms. The molecule has 1 aromatic carbocycles. The minimum absolute atomic E-state index is 0.0630. The molecule has 1 rings (SSSR count). The van der Waals surface area contributed by atoms with E-state index in [1.165, 1.54) is 6.07 Å². The van der Waals surface area contributed by atoms with Crippen molar-refractivity contribution in [2.75, 3.05) is 18.4 Å². The van der Waals surface area contributed by atoms with Crippen molar-refractivity contribution in [1.29, 1.82) is 0 Å². The second-order valence-corrected chi connectivity index (χ2v) is 3.62. The number of halogens is 1. The predicted octanol–water partition coefficient (Wildman–Crippen LogP) is 2.07. The summed E-state index contributed by atoms with van der Waals surface area (Å²) in [7, 11) is 0. The van der Waals surface area contributed by atoms with Crippen LogP contribution in [0, 0.1) is 12.7 Å². The second-order valence-electron chi connectivity index (χ2n) is 3.62. The monoisotopic (exact) mass is 224 g/mol. The summed E-state index contributed by atoms with van der Waals surface area (Å²) in [5.41, 5.74) is 1.17. The second kappa shape index (κ2) is 6.23. The highest BCUT2D eigenvalue weighted by atomic mass is 19.1. The van der Waals surface area contributed by atoms with Crippen LogP contribution in [-0.2, 0) is 4.79 Å². The van der Waals surface area contributed by atoms with Gasteiger partial charge in [0.05, 0.1) is 0 Å². The lowest BCUT2D eigenvalue weighted by molar-refractivity contribution is -0.116. The first-order chi connectivity index (χ1) is 7.63. The van der Waals surface area contributed by atoms with E-state index in [0.29, 0.717) is 24.2 Å². The highest BCUT2D eigenvalue weighted by molar-refractivity contribution is 5.90. The van der Waals surface area contributed by atoms with Gasteiger partial charge in [0.15, 0.2) is 0 Å². The van der Waals surface area contributed by atoms with E-state index >= 15 is 0 Å². The third-order valence-corrected chi connectivity index (χ3v) is 2.22. The first-order valence-corrected chi connectivity index (χ1v) is 5.40. The standard InChI is InChI=1S/C12H17FN2O/c1-3-14-7-6-12(16)15-10-4-5-11(13)9(2)8-10/h4-5,8,14H,3,6-7H2,1-2H3,(H,15,16). The molecule has 0 bridgehead atoms. The lowest BCUT2D eigenvalue weighted by atomic mass is 10.2. The molecule has 0 unspecified atom stereocenters. The molecule has 3 nitrogen and oxygen atoms in total. The third kappa shape index (κ3) is 3.98. The molecule has 0 heterocycles. The lowest BCUT2D eigenvalue weighted by Gasteiger charge is -2.06. The SMILES string of the molecule is CCNCCC(=O)Nc1ccc(F)c(C)c1. The Morgan fingerprint density at radius 2 is 2.19 bits per heavy atom. The lowest BCUT2D eigenvalue weighted by Crippen LogP contribution is -2.21. The molecule has 0 aromatic heterocycles. The normalized spacial score (nSPS) is 10.2. The van der Waals surface area contributed by atoms with Gasteiger partial charge in [0, 0.05) is 18.7 Å². The fraction of sp³-hybridized carbons (Fsp3) is 0.417. The summed E-state index contributed by atoms with van der Waals surface area (Å²) in [5.74, 6) is -0.322. The molecular formula is C12H17FN2O. The maximum atomic E-state index is 13.0. The van der Waals surface area contributed by atoms with Gasteiger partial charge in [0.2, 0.25) is 5.91 Å². The summed E-state index contributed by atoms with van der Waals surface area (Å²) in [6.07, 6.45) is 0.421. The Morgan fingerprint density at radius 3 is 2.81 bits per heavy atom. The Morgan fingerprint density at radius 1 is 1.44 bits per heavy atom. The minimum atomic E-state index is -0.259. The van der Waals surface area contributed by atoms with Gasteiger partial charge >= 0.3 is 0 Å². The van der Waals surface area contributed by atoms with E-state index in [9.17, 15) is 9.18 Å². The molecule has 0 saturated heterocycles. The molecule has 0 aliphatic heterocycles. The zero-order valence-corrected chi connectivity index (χ0v) is 9.64. The molecule has 16 heavy (non-hydrogen) atoms. The average molecular weight is 224 g/mol. The number of nitrogens with one attached hydrogen (secondary N) is 2. The molecule has 88 valence electrons. The van der Waals surface area contributed by atoms with Crippen molar-refractivity contribution in [3.8, 4) is 0 Å². The molecule has 1 aromatic rings. The number of benzene rings is 1. The Bertz CT molecular complexity index is 366. The van der Waals surface area contributed by atoms with Crippen molar-refractivity contribution >= 4 is 11.6 Å². The summed E-state index contributed by atoms with van der Waals surface area (Å²) < 4.78 is 13.0. The Kier molecular flexibility index (Phi) is 4.92. The van der Waals surface area contributed by atoms with Gasteiger partial charge in [0.1, 0.15) is 5.82 Å². The van der Waals surface area contributed by atoms with Crippen LogP contribution >= 0.6 is 0 Å². The first kappa shape index (κ1) is 12.6. The number of carbonyl (C=O) groups is 1. The van der Waals surface area contributed by atoms with E-state index in [-0.39, 0.29) is 11.7 Å². The zero-order chi connectivity index (χ0) is 12.0. The van der Waals surface area contributed by atoms with E-state index in [1.807, 2.05) is 6.92 Å². The quantitative estimate of drug-likeness (QED) is 0.752. The predicted molar refractivity (Wildman–Crippen MR) is 62.9 cm³/mol. The van der Waals surface area contributed by atoms with Crippen molar-refractivity contribution in [2.45, 2.75) is 20.3 Å². The van der Waals surface area contributed by atoms with Crippen LogP contribution in [-0.4, -0.2) is 19.0 Å². The number of rotatable bonds is 5. The number of hydrogen-bond donors (Lipinski definition) is 2. The van der Waals surface area contributed by atoms with Gasteiger partial charge in [-0.1, -0.05) is 6.92 Å². The summed E-state index contributed by atoms with van der Waals surface area (Å²) in [5, 5.41) is 5.79. The fourth-order valence-corrected chi connectivity index (χ4v) is 1.32. The zero-order valence-electron chi connectivity index (χ0n) is 9.64. The summed E-state index contributed by atoms with van der Waals surface area (Å²) >= 11 is 0. The largest absolute Gasteiger partial charge is 0.326 e. The number of amides is 1. The van der Waals surface area contributed by atoms with Crippen LogP contribution in [0.2, 0.25) is 0 Å². The van der Waals surface area contributed by atoms with Gasteiger partial charge in [-0.15, -0.1) is 0 Å². The van der Waals surface area contributed by atoms with Gasteiger partial charge in [0.25, 0.3) is 0 Å². The van der Waals surface area contributed by atoms with Crippen LogP contribution in [0.1, 0.15) is 18.9 Å². The molecule has 1 amide bonds. The van der Waals surface area contributed by atoms with Gasteiger partial charge in [-0.25, -0.2) is 4.39 Å². The molecule has 0 saturated carbocycles. The van der Waals surface area contributed by atoms with Gasteiger partial charge in [-0.05, 0) is 37.2 Å². The first-order valence-electron chi connectivity index (χ1n) is 5.40. The van der Waals surface area contributed by atoms with Crippen LogP contribution in [0.3, 0.4) is 0 Å². The van der Waals surface area contributed by atoms with Crippen LogP contribution in [0.25, 0.3) is 0 Å². The molecule has 0 aliphatic rings. The number of hydrogen-bond acceptors (Lipinski definition) is 2. The van der Waals surface area contributed by atoms with E-state index in [0.717, 1.165) is 6.54 Å². The summed E-state index contributed by atoms with van der Waals surface area (Å²) in [6.45, 7) is 5.16. The maximum absolute atomic E-state index is 13.0. The van der Waals surface area contributed by atoms with Crippen LogP contribution < -0.4 is 10.6 Å². The van der Waals surface area contributed by atoms with Crippen molar-refractivity contribution in [2.24, 2.45) is 0 Å². The average Bonchev–Trinajstić information content (AvgIpc) is 2.24. The van der Waals surface area contributed by atoms with Crippen molar-refractivity contribution in [3.05, 3.63) is 29.6 Å². The van der Waals surface area contributed by atoms with Gasteiger partial charge < -0.3 is 10.6 Å². The topological polar surface area (TPSA) is 41.1 Å². The molecule has 0 fully saturated rings. The molecule has 0 aliphatic carbocycles. The third-order valence-electron chi connectivity index (χ3n) is 2.22. The van der Waals surface area contributed by atoms with E-state index < -0.39 is 0 Å². The summed E-state index contributed by atoms with van der Waals surface area (Å²) in [4.78, 5) is 11.4. The van der Waals surface area contributed by atoms with Crippen molar-refractivity contribution in [3.63, 3.8) is 0 Å². The van der Waals surface area contributed by atoms with E-state index in [2.05, 4.69) is 10.6 Å². The van der Waals surface area contributed by atoms with Crippen molar-refractivity contribution < 1.29 is 9.18 Å². The smallest absolute Gasteiger partial charge is 0.225 e. The number of anilines is 1. The van der Waals surface area contributed by atoms with Crippen LogP contribution in [0.4, 0.5) is 10.1 Å². The summed E-state index contributed by atoms with van der Waals surface area (Å²) in [6, 6.07) is 4.54. The van der Waals surface area contributed by atoms with Crippen LogP contribution in [0.15, 0.2) is 18.2 Å². The minimum Gasteiger partial charge on any atom is -0.326 e. The van der Waals surface area contributed by atoms with E-state index in [4.69, 9.17) is 0 Å².